The Labute approximate surface area is 202 Å². The third kappa shape index (κ3) is 5.78. The third-order valence-corrected chi connectivity index (χ3v) is 8.50. The van der Waals surface area contributed by atoms with Gasteiger partial charge >= 0.3 is 0 Å². The minimum absolute atomic E-state index is 0.0255. The molecule has 0 aliphatic carbocycles. The average Bonchev–Trinajstić information content (AvgIpc) is 2.86. The zero-order valence-electron chi connectivity index (χ0n) is 19.9. The van der Waals surface area contributed by atoms with Crippen molar-refractivity contribution in [3.05, 3.63) is 59.7 Å². The summed E-state index contributed by atoms with van der Waals surface area (Å²) in [5.74, 6) is 0.0255. The van der Waals surface area contributed by atoms with Crippen molar-refractivity contribution in [2.24, 2.45) is 0 Å². The zero-order chi connectivity index (χ0) is 24.1. The number of benzene rings is 2. The molecule has 4 rings (SSSR count). The molecular formula is C25H34N4O4S. The summed E-state index contributed by atoms with van der Waals surface area (Å²) in [6.07, 6.45) is 0. The maximum absolute atomic E-state index is 13.2. The Morgan fingerprint density at radius 1 is 1.00 bits per heavy atom. The quantitative estimate of drug-likeness (QED) is 0.646. The van der Waals surface area contributed by atoms with Crippen LogP contribution in [0.2, 0.25) is 0 Å². The summed E-state index contributed by atoms with van der Waals surface area (Å²) in [6.45, 7) is 9.05. The highest BCUT2D eigenvalue weighted by molar-refractivity contribution is 7.89. The maximum atomic E-state index is 13.2. The summed E-state index contributed by atoms with van der Waals surface area (Å²) in [5.41, 5.74) is 2.59. The van der Waals surface area contributed by atoms with Crippen LogP contribution < -0.4 is 5.32 Å². The normalized spacial score (nSPS) is 19.1. The molecule has 0 radical (unpaired) electrons. The molecule has 9 heteroatoms. The molecule has 2 heterocycles. The molecular weight excluding hydrogens is 452 g/mol. The molecule has 8 nitrogen and oxygen atoms in total. The van der Waals surface area contributed by atoms with E-state index >= 15 is 0 Å². The van der Waals surface area contributed by atoms with Crippen molar-refractivity contribution in [1.82, 2.24) is 14.1 Å². The molecule has 0 saturated carbocycles. The van der Waals surface area contributed by atoms with Gasteiger partial charge in [0.05, 0.1) is 18.1 Å². The van der Waals surface area contributed by atoms with E-state index in [4.69, 9.17) is 4.74 Å². The maximum Gasteiger partial charge on any atom is 0.244 e. The van der Waals surface area contributed by atoms with Crippen molar-refractivity contribution < 1.29 is 17.9 Å². The molecule has 184 valence electrons. The van der Waals surface area contributed by atoms with Crippen LogP contribution in [0, 0.1) is 6.92 Å². The number of anilines is 1. The van der Waals surface area contributed by atoms with Gasteiger partial charge in [0.25, 0.3) is 0 Å². The van der Waals surface area contributed by atoms with Crippen LogP contribution >= 0.6 is 0 Å². The molecule has 34 heavy (non-hydrogen) atoms. The highest BCUT2D eigenvalue weighted by Gasteiger charge is 2.29. The fourth-order valence-electron chi connectivity index (χ4n) is 4.45. The van der Waals surface area contributed by atoms with E-state index in [1.807, 2.05) is 36.1 Å². The Hall–Kier alpha value is -2.46. The van der Waals surface area contributed by atoms with Crippen LogP contribution in [0.1, 0.15) is 18.1 Å². The molecule has 0 bridgehead atoms. The third-order valence-electron chi connectivity index (χ3n) is 6.46. The minimum Gasteiger partial charge on any atom is -0.379 e. The van der Waals surface area contributed by atoms with E-state index in [2.05, 4.69) is 22.3 Å². The van der Waals surface area contributed by atoms with Crippen LogP contribution in [-0.4, -0.2) is 87.0 Å². The molecule has 2 aromatic carbocycles. The number of amides is 1. The average molecular weight is 487 g/mol. The Morgan fingerprint density at radius 2 is 1.68 bits per heavy atom. The van der Waals surface area contributed by atoms with Gasteiger partial charge in [-0.05, 0) is 37.1 Å². The predicted octanol–water partition coefficient (Wildman–Crippen LogP) is 2.16. The van der Waals surface area contributed by atoms with Gasteiger partial charge in [-0.3, -0.25) is 9.69 Å². The molecule has 2 saturated heterocycles. The number of nitrogens with zero attached hydrogens (tertiary/aromatic N) is 3. The number of aryl methyl sites for hydroxylation is 1. The van der Waals surface area contributed by atoms with Crippen molar-refractivity contribution >= 4 is 21.6 Å². The van der Waals surface area contributed by atoms with Crippen LogP contribution in [0.5, 0.6) is 0 Å². The van der Waals surface area contributed by atoms with Gasteiger partial charge in [-0.15, -0.1) is 0 Å². The van der Waals surface area contributed by atoms with Gasteiger partial charge in [0.2, 0.25) is 15.9 Å². The minimum atomic E-state index is -3.61. The summed E-state index contributed by atoms with van der Waals surface area (Å²) in [6, 6.07) is 15.2. The topological polar surface area (TPSA) is 82.2 Å². The Morgan fingerprint density at radius 3 is 2.35 bits per heavy atom. The first kappa shape index (κ1) is 24.7. The van der Waals surface area contributed by atoms with Gasteiger partial charge in [-0.2, -0.15) is 4.31 Å². The van der Waals surface area contributed by atoms with Crippen molar-refractivity contribution in [2.75, 3.05) is 57.8 Å². The van der Waals surface area contributed by atoms with Gasteiger partial charge in [-0.25, -0.2) is 8.42 Å². The Kier molecular flexibility index (Phi) is 7.88. The summed E-state index contributed by atoms with van der Waals surface area (Å²) < 4.78 is 33.1. The van der Waals surface area contributed by atoms with Crippen molar-refractivity contribution in [1.29, 1.82) is 0 Å². The number of ether oxygens (including phenoxy) is 1. The number of carbonyl (C=O) groups excluding carboxylic acids is 1. The molecule has 2 fully saturated rings. The van der Waals surface area contributed by atoms with Crippen LogP contribution in [0.3, 0.4) is 0 Å². The monoisotopic (exact) mass is 486 g/mol. The van der Waals surface area contributed by atoms with Gasteiger partial charge in [-0.1, -0.05) is 36.4 Å². The van der Waals surface area contributed by atoms with E-state index in [0.717, 1.165) is 19.6 Å². The molecule has 1 amide bonds. The smallest absolute Gasteiger partial charge is 0.244 e. The molecule has 1 N–H and O–H groups in total. The van der Waals surface area contributed by atoms with Crippen LogP contribution in [0.25, 0.3) is 0 Å². The first-order valence-corrected chi connectivity index (χ1v) is 13.3. The zero-order valence-corrected chi connectivity index (χ0v) is 20.8. The van der Waals surface area contributed by atoms with Crippen molar-refractivity contribution in [3.63, 3.8) is 0 Å². The molecule has 0 unspecified atom stereocenters. The SMILES string of the molecule is Cc1ccc(N[C@@H](C)C(=O)N2CCN(Cc3ccccc3)CC2)cc1S(=O)(=O)N1CCOCC1. The number of nitrogens with one attached hydrogen (secondary N) is 1. The van der Waals surface area contributed by atoms with Crippen molar-refractivity contribution in [3.8, 4) is 0 Å². The second-order valence-electron chi connectivity index (χ2n) is 8.95. The lowest BCUT2D eigenvalue weighted by Gasteiger charge is -2.36. The first-order chi connectivity index (χ1) is 16.3. The summed E-state index contributed by atoms with van der Waals surface area (Å²) in [7, 11) is -3.61. The summed E-state index contributed by atoms with van der Waals surface area (Å²) in [5, 5.41) is 3.22. The second kappa shape index (κ2) is 10.9. The number of morpholine rings is 1. The number of rotatable bonds is 7. The highest BCUT2D eigenvalue weighted by Crippen LogP contribution is 2.25. The van der Waals surface area contributed by atoms with E-state index < -0.39 is 16.1 Å². The van der Waals surface area contributed by atoms with Crippen LogP contribution in [0.15, 0.2) is 53.4 Å². The fourth-order valence-corrected chi connectivity index (χ4v) is 6.11. The molecule has 2 aliphatic heterocycles. The molecule has 1 atom stereocenters. The first-order valence-electron chi connectivity index (χ1n) is 11.8. The number of sulfonamides is 1. The number of hydrogen-bond acceptors (Lipinski definition) is 6. The lowest BCUT2D eigenvalue weighted by atomic mass is 10.1. The van der Waals surface area contributed by atoms with Gasteiger partial charge < -0.3 is 15.0 Å². The standard InChI is InChI=1S/C25H34N4O4S/c1-20-8-9-23(18-24(20)34(31,32)29-14-16-33-17-15-29)26-21(2)25(30)28-12-10-27(11-13-28)19-22-6-4-3-5-7-22/h3-9,18,21,26H,10-17,19H2,1-2H3/t21-/m0/s1. The molecule has 0 spiro atoms. The largest absolute Gasteiger partial charge is 0.379 e. The second-order valence-corrected chi connectivity index (χ2v) is 10.9. The highest BCUT2D eigenvalue weighted by atomic mass is 32.2. The molecule has 2 aromatic rings. The van der Waals surface area contributed by atoms with Gasteiger partial charge in [0.1, 0.15) is 6.04 Å². The number of hydrogen-bond donors (Lipinski definition) is 1. The van der Waals surface area contributed by atoms with E-state index in [0.29, 0.717) is 50.6 Å². The van der Waals surface area contributed by atoms with E-state index in [-0.39, 0.29) is 10.8 Å². The van der Waals surface area contributed by atoms with Gasteiger partial charge in [0.15, 0.2) is 0 Å². The number of carbonyl (C=O) groups is 1. The predicted molar refractivity (Wildman–Crippen MR) is 132 cm³/mol. The van der Waals surface area contributed by atoms with Crippen LogP contribution in [0.4, 0.5) is 5.69 Å². The van der Waals surface area contributed by atoms with Crippen LogP contribution in [-0.2, 0) is 26.1 Å². The van der Waals surface area contributed by atoms with E-state index in [9.17, 15) is 13.2 Å². The number of piperazine rings is 1. The molecule has 0 aromatic heterocycles. The van der Waals surface area contributed by atoms with E-state index in [1.165, 1.54) is 9.87 Å². The Balaban J connectivity index is 1.36. The summed E-state index contributed by atoms with van der Waals surface area (Å²) in [4.78, 5) is 17.6. The lowest BCUT2D eigenvalue weighted by molar-refractivity contribution is -0.133. The molecule has 2 aliphatic rings. The van der Waals surface area contributed by atoms with E-state index in [1.54, 1.807) is 19.1 Å². The lowest BCUT2D eigenvalue weighted by Crippen LogP contribution is -2.51. The summed E-state index contributed by atoms with van der Waals surface area (Å²) >= 11 is 0. The van der Waals surface area contributed by atoms with Gasteiger partial charge in [0, 0.05) is 51.5 Å². The fraction of sp³-hybridized carbons (Fsp3) is 0.480. The Bertz CT molecular complexity index is 1080. The van der Waals surface area contributed by atoms with Crippen molar-refractivity contribution in [2.45, 2.75) is 31.3 Å².